The summed E-state index contributed by atoms with van der Waals surface area (Å²) < 4.78 is 10.9. The van der Waals surface area contributed by atoms with Crippen LogP contribution < -0.4 is 0 Å². The van der Waals surface area contributed by atoms with Crippen molar-refractivity contribution in [3.63, 3.8) is 0 Å². The Morgan fingerprint density at radius 3 is 1.55 bits per heavy atom. The largest absolute Gasteiger partial charge is 0.456 e. The highest BCUT2D eigenvalue weighted by Gasteiger charge is 2.21. The summed E-state index contributed by atoms with van der Waals surface area (Å²) in [5, 5.41) is 6.87. The SMILES string of the molecule is c1ccc(-c2nc(-c3ccccc3)nc(-n3c4ccccc4c4cc5c6ccccc6n(-c6ccc7c(c6)oc6ccccc67)c5cc43)n2)cc1. The zero-order chi connectivity index (χ0) is 33.5. The number of hydrogen-bond acceptors (Lipinski definition) is 4. The lowest BCUT2D eigenvalue weighted by Gasteiger charge is -2.11. The molecule has 0 aliphatic rings. The lowest BCUT2D eigenvalue weighted by molar-refractivity contribution is 0.668. The average molecular weight is 654 g/mol. The summed E-state index contributed by atoms with van der Waals surface area (Å²) in [5.41, 5.74) is 8.92. The molecule has 4 aromatic heterocycles. The van der Waals surface area contributed by atoms with E-state index >= 15 is 0 Å². The van der Waals surface area contributed by atoms with Crippen molar-refractivity contribution in [3.05, 3.63) is 164 Å². The van der Waals surface area contributed by atoms with Gasteiger partial charge in [0.2, 0.25) is 5.95 Å². The molecular formula is C45H27N5O. The molecule has 6 heteroatoms. The fourth-order valence-corrected chi connectivity index (χ4v) is 7.68. The van der Waals surface area contributed by atoms with E-state index in [-0.39, 0.29) is 0 Å². The molecule has 0 saturated carbocycles. The molecule has 0 saturated heterocycles. The van der Waals surface area contributed by atoms with E-state index in [1.54, 1.807) is 0 Å². The van der Waals surface area contributed by atoms with Gasteiger partial charge in [0.25, 0.3) is 0 Å². The number of furan rings is 1. The van der Waals surface area contributed by atoms with Crippen LogP contribution in [-0.2, 0) is 0 Å². The highest BCUT2D eigenvalue weighted by Crippen LogP contribution is 2.40. The molecule has 11 rings (SSSR count). The summed E-state index contributed by atoms with van der Waals surface area (Å²) in [6.07, 6.45) is 0. The molecule has 0 bridgehead atoms. The molecule has 4 heterocycles. The van der Waals surface area contributed by atoms with Gasteiger partial charge in [-0.25, -0.2) is 4.98 Å². The average Bonchev–Trinajstić information content (AvgIpc) is 3.84. The minimum atomic E-state index is 0.569. The van der Waals surface area contributed by atoms with E-state index in [1.165, 1.54) is 10.8 Å². The fourth-order valence-electron chi connectivity index (χ4n) is 7.68. The van der Waals surface area contributed by atoms with E-state index in [9.17, 15) is 0 Å². The number of benzene rings is 7. The summed E-state index contributed by atoms with van der Waals surface area (Å²) >= 11 is 0. The van der Waals surface area contributed by atoms with Crippen molar-refractivity contribution in [2.45, 2.75) is 0 Å². The molecule has 11 aromatic rings. The minimum Gasteiger partial charge on any atom is -0.456 e. The van der Waals surface area contributed by atoms with E-state index in [1.807, 2.05) is 72.8 Å². The Balaban J connectivity index is 1.23. The highest BCUT2D eigenvalue weighted by atomic mass is 16.3. The first kappa shape index (κ1) is 27.9. The van der Waals surface area contributed by atoms with Crippen LogP contribution in [0.25, 0.3) is 100.0 Å². The number of nitrogens with zero attached hydrogens (tertiary/aromatic N) is 5. The first-order chi connectivity index (χ1) is 25.3. The second kappa shape index (κ2) is 10.7. The van der Waals surface area contributed by atoms with Crippen molar-refractivity contribution >= 4 is 65.6 Å². The predicted octanol–water partition coefficient (Wildman–Crippen LogP) is 11.3. The summed E-state index contributed by atoms with van der Waals surface area (Å²) in [6, 6.07) is 56.7. The predicted molar refractivity (Wildman–Crippen MR) is 207 cm³/mol. The van der Waals surface area contributed by atoms with Crippen molar-refractivity contribution in [1.29, 1.82) is 0 Å². The second-order valence-corrected chi connectivity index (χ2v) is 12.9. The van der Waals surface area contributed by atoms with Gasteiger partial charge in [0.15, 0.2) is 11.6 Å². The molecular weight excluding hydrogens is 627 g/mol. The molecule has 7 aromatic carbocycles. The number of fused-ring (bicyclic) bond motifs is 9. The lowest BCUT2D eigenvalue weighted by Crippen LogP contribution is -2.06. The normalized spacial score (nSPS) is 11.9. The Hall–Kier alpha value is -7.05. The summed E-state index contributed by atoms with van der Waals surface area (Å²) in [6.45, 7) is 0. The van der Waals surface area contributed by atoms with Crippen molar-refractivity contribution < 1.29 is 4.42 Å². The maximum atomic E-state index is 6.36. The first-order valence-electron chi connectivity index (χ1n) is 17.0. The Morgan fingerprint density at radius 1 is 0.353 bits per heavy atom. The Bertz CT molecular complexity index is 3080. The Morgan fingerprint density at radius 2 is 0.882 bits per heavy atom. The van der Waals surface area contributed by atoms with Gasteiger partial charge in [-0.1, -0.05) is 115 Å². The molecule has 0 N–H and O–H groups in total. The molecule has 0 unspecified atom stereocenters. The maximum Gasteiger partial charge on any atom is 0.238 e. The molecule has 0 aliphatic carbocycles. The third kappa shape index (κ3) is 4.20. The van der Waals surface area contributed by atoms with Crippen molar-refractivity contribution in [1.82, 2.24) is 24.1 Å². The quantitative estimate of drug-likeness (QED) is 0.190. The molecule has 0 fully saturated rings. The molecule has 51 heavy (non-hydrogen) atoms. The summed E-state index contributed by atoms with van der Waals surface area (Å²) in [4.78, 5) is 15.3. The number of hydrogen-bond donors (Lipinski definition) is 0. The topological polar surface area (TPSA) is 61.7 Å². The van der Waals surface area contributed by atoms with Gasteiger partial charge in [-0.3, -0.25) is 4.57 Å². The van der Waals surface area contributed by atoms with E-state index in [0.717, 1.165) is 71.6 Å². The minimum absolute atomic E-state index is 0.569. The van der Waals surface area contributed by atoms with Gasteiger partial charge in [-0.05, 0) is 42.5 Å². The second-order valence-electron chi connectivity index (χ2n) is 12.9. The monoisotopic (exact) mass is 653 g/mol. The number of para-hydroxylation sites is 3. The third-order valence-corrected chi connectivity index (χ3v) is 9.97. The van der Waals surface area contributed by atoms with Crippen LogP contribution in [0.4, 0.5) is 0 Å². The van der Waals surface area contributed by atoms with Crippen LogP contribution in [0.2, 0.25) is 0 Å². The molecule has 0 spiro atoms. The van der Waals surface area contributed by atoms with Crippen molar-refractivity contribution in [2.75, 3.05) is 0 Å². The third-order valence-electron chi connectivity index (χ3n) is 9.97. The Kier molecular flexibility index (Phi) is 5.86. The van der Waals surface area contributed by atoms with E-state index < -0.39 is 0 Å². The first-order valence-corrected chi connectivity index (χ1v) is 17.0. The highest BCUT2D eigenvalue weighted by molar-refractivity contribution is 6.19. The molecule has 238 valence electrons. The van der Waals surface area contributed by atoms with E-state index in [2.05, 4.69) is 100 Å². The van der Waals surface area contributed by atoms with Crippen LogP contribution in [0.3, 0.4) is 0 Å². The van der Waals surface area contributed by atoms with Crippen LogP contribution in [0.5, 0.6) is 0 Å². The lowest BCUT2D eigenvalue weighted by atomic mass is 10.1. The van der Waals surface area contributed by atoms with Gasteiger partial charge in [0.1, 0.15) is 11.2 Å². The smallest absolute Gasteiger partial charge is 0.238 e. The molecule has 0 amide bonds. The van der Waals surface area contributed by atoms with Gasteiger partial charge < -0.3 is 8.98 Å². The van der Waals surface area contributed by atoms with E-state index in [4.69, 9.17) is 19.4 Å². The number of aromatic nitrogens is 5. The standard InChI is InChI=1S/C45H27N5O/c1-3-13-28(14-4-1)43-46-44(29-15-5-2-6-16-29)48-45(47-43)50-38-21-11-8-18-32(38)36-26-35-31-17-7-10-20-37(31)49(39(35)27-40(36)50)30-23-24-34-33-19-9-12-22-41(33)51-42(34)25-30/h1-27H. The number of rotatable bonds is 4. The molecule has 0 radical (unpaired) electrons. The summed E-state index contributed by atoms with van der Waals surface area (Å²) in [5.74, 6) is 1.82. The van der Waals surface area contributed by atoms with Crippen molar-refractivity contribution in [3.8, 4) is 34.4 Å². The van der Waals surface area contributed by atoms with Gasteiger partial charge in [-0.2, -0.15) is 9.97 Å². The van der Waals surface area contributed by atoms with Crippen LogP contribution in [0.1, 0.15) is 0 Å². The summed E-state index contributed by atoms with van der Waals surface area (Å²) in [7, 11) is 0. The van der Waals surface area contributed by atoms with Crippen molar-refractivity contribution in [2.24, 2.45) is 0 Å². The van der Waals surface area contributed by atoms with Crippen LogP contribution in [-0.4, -0.2) is 24.1 Å². The molecule has 6 nitrogen and oxygen atoms in total. The van der Waals surface area contributed by atoms with Gasteiger partial charge >= 0.3 is 0 Å². The molecule has 0 aliphatic heterocycles. The zero-order valence-electron chi connectivity index (χ0n) is 27.2. The Labute approximate surface area is 291 Å². The van der Waals surface area contributed by atoms with Gasteiger partial charge in [0.05, 0.1) is 22.1 Å². The van der Waals surface area contributed by atoms with Gasteiger partial charge in [0, 0.05) is 55.2 Å². The van der Waals surface area contributed by atoms with Crippen LogP contribution in [0, 0.1) is 0 Å². The van der Waals surface area contributed by atoms with E-state index in [0.29, 0.717) is 17.6 Å². The van der Waals surface area contributed by atoms with Crippen LogP contribution >= 0.6 is 0 Å². The maximum absolute atomic E-state index is 6.36. The molecule has 0 atom stereocenters. The van der Waals surface area contributed by atoms with Crippen LogP contribution in [0.15, 0.2) is 168 Å². The zero-order valence-corrected chi connectivity index (χ0v) is 27.2. The fraction of sp³-hybridized carbons (Fsp3) is 0. The van der Waals surface area contributed by atoms with Gasteiger partial charge in [-0.15, -0.1) is 0 Å².